The van der Waals surface area contributed by atoms with Crippen LogP contribution >= 0.6 is 0 Å². The van der Waals surface area contributed by atoms with E-state index in [0.29, 0.717) is 6.42 Å². The van der Waals surface area contributed by atoms with Gasteiger partial charge in [-0.15, -0.1) is 0 Å². The SMILES string of the molecule is CCCCCC(CC)OC(=O)CC(CC=CCCCCCCCC(=O)[O-])C(=O)[O-].[NH4+].[NH4+]. The number of unbranched alkanes of at least 4 members (excludes halogenated alkanes) is 7. The van der Waals surface area contributed by atoms with Gasteiger partial charge >= 0.3 is 5.97 Å². The molecular formula is C23H46N2O6. The molecule has 0 aromatic heterocycles. The second kappa shape index (κ2) is 22.7. The summed E-state index contributed by atoms with van der Waals surface area (Å²) in [5.41, 5.74) is 0. The zero-order chi connectivity index (χ0) is 21.9. The number of hydrogen-bond acceptors (Lipinski definition) is 6. The van der Waals surface area contributed by atoms with E-state index in [-0.39, 0.29) is 37.7 Å². The predicted molar refractivity (Wildman–Crippen MR) is 120 cm³/mol. The van der Waals surface area contributed by atoms with Crippen molar-refractivity contribution < 1.29 is 29.3 Å². The number of quaternary nitrogens is 2. The molecule has 8 nitrogen and oxygen atoms in total. The number of allylic oxidation sites excluding steroid dienone is 2. The maximum atomic E-state index is 12.1. The Hall–Kier alpha value is -1.93. The lowest BCUT2D eigenvalue weighted by Crippen LogP contribution is -2.33. The molecule has 0 fully saturated rings. The first-order valence-electron chi connectivity index (χ1n) is 11.2. The Morgan fingerprint density at radius 2 is 1.52 bits per heavy atom. The van der Waals surface area contributed by atoms with E-state index in [9.17, 15) is 24.6 Å². The molecule has 0 aliphatic rings. The molecule has 0 aromatic rings. The molecule has 8 heteroatoms. The van der Waals surface area contributed by atoms with Gasteiger partial charge in [-0.05, 0) is 51.4 Å². The van der Waals surface area contributed by atoms with Gasteiger partial charge in [0, 0.05) is 17.9 Å². The molecule has 0 rings (SSSR count). The van der Waals surface area contributed by atoms with E-state index in [1.807, 2.05) is 13.0 Å². The van der Waals surface area contributed by atoms with E-state index < -0.39 is 23.8 Å². The first-order chi connectivity index (χ1) is 13.9. The maximum Gasteiger partial charge on any atom is 0.306 e. The lowest BCUT2D eigenvalue weighted by Gasteiger charge is -2.19. The van der Waals surface area contributed by atoms with Crippen molar-refractivity contribution in [3.05, 3.63) is 12.2 Å². The van der Waals surface area contributed by atoms with E-state index >= 15 is 0 Å². The van der Waals surface area contributed by atoms with Crippen molar-refractivity contribution in [1.82, 2.24) is 12.3 Å². The fourth-order valence-electron chi connectivity index (χ4n) is 3.11. The van der Waals surface area contributed by atoms with Gasteiger partial charge in [-0.2, -0.15) is 0 Å². The van der Waals surface area contributed by atoms with Crippen molar-refractivity contribution in [2.75, 3.05) is 0 Å². The molecule has 0 saturated heterocycles. The van der Waals surface area contributed by atoms with Crippen molar-refractivity contribution in [2.45, 2.75) is 110 Å². The van der Waals surface area contributed by atoms with Crippen LogP contribution in [0.4, 0.5) is 0 Å². The highest BCUT2D eigenvalue weighted by molar-refractivity contribution is 5.77. The van der Waals surface area contributed by atoms with E-state index in [2.05, 4.69) is 6.92 Å². The summed E-state index contributed by atoms with van der Waals surface area (Å²) in [4.78, 5) is 33.7. The van der Waals surface area contributed by atoms with Gasteiger partial charge < -0.3 is 36.8 Å². The molecule has 0 heterocycles. The van der Waals surface area contributed by atoms with E-state index in [4.69, 9.17) is 4.74 Å². The van der Waals surface area contributed by atoms with Crippen LogP contribution in [0.3, 0.4) is 0 Å². The molecule has 184 valence electrons. The number of carboxylic acids is 2. The third-order valence-corrected chi connectivity index (χ3v) is 4.97. The molecule has 0 aliphatic carbocycles. The number of carbonyl (C=O) groups excluding carboxylic acids is 3. The Morgan fingerprint density at radius 3 is 2.10 bits per heavy atom. The third-order valence-electron chi connectivity index (χ3n) is 4.97. The number of carbonyl (C=O) groups is 3. The molecule has 2 unspecified atom stereocenters. The predicted octanol–water partition coefficient (Wildman–Crippen LogP) is 3.82. The van der Waals surface area contributed by atoms with Gasteiger partial charge in [-0.3, -0.25) is 4.79 Å². The minimum absolute atomic E-state index is 0. The molecule has 2 atom stereocenters. The van der Waals surface area contributed by atoms with Crippen LogP contribution in [-0.4, -0.2) is 24.0 Å². The lowest BCUT2D eigenvalue weighted by molar-refractivity contribution is -0.312. The largest absolute Gasteiger partial charge is 0.550 e. The van der Waals surface area contributed by atoms with Crippen molar-refractivity contribution in [2.24, 2.45) is 5.92 Å². The summed E-state index contributed by atoms with van der Waals surface area (Å²) in [7, 11) is 0. The quantitative estimate of drug-likeness (QED) is 0.173. The molecule has 0 spiro atoms. The number of carboxylic acid groups (broad SMARTS) is 2. The average molecular weight is 447 g/mol. The van der Waals surface area contributed by atoms with Crippen LogP contribution in [0.1, 0.15) is 104 Å². The second-order valence-corrected chi connectivity index (χ2v) is 7.62. The van der Waals surface area contributed by atoms with Crippen molar-refractivity contribution in [3.8, 4) is 0 Å². The summed E-state index contributed by atoms with van der Waals surface area (Å²) in [6.07, 6.45) is 13.9. The minimum Gasteiger partial charge on any atom is -0.550 e. The Bertz CT molecular complexity index is 496. The van der Waals surface area contributed by atoms with Gasteiger partial charge in [0.2, 0.25) is 0 Å². The monoisotopic (exact) mass is 446 g/mol. The summed E-state index contributed by atoms with van der Waals surface area (Å²) in [6, 6.07) is 0. The summed E-state index contributed by atoms with van der Waals surface area (Å²) in [5, 5.41) is 21.6. The van der Waals surface area contributed by atoms with E-state index in [1.165, 1.54) is 0 Å². The maximum absolute atomic E-state index is 12.1. The number of esters is 1. The van der Waals surface area contributed by atoms with Gasteiger partial charge in [0.1, 0.15) is 6.10 Å². The van der Waals surface area contributed by atoms with Crippen molar-refractivity contribution in [3.63, 3.8) is 0 Å². The summed E-state index contributed by atoms with van der Waals surface area (Å²) in [5.74, 6) is -3.55. The van der Waals surface area contributed by atoms with Crippen LogP contribution in [0.25, 0.3) is 0 Å². The highest BCUT2D eigenvalue weighted by Crippen LogP contribution is 2.15. The number of hydrogen-bond donors (Lipinski definition) is 2. The number of ether oxygens (including phenoxy) is 1. The Kier molecular flexibility index (Phi) is 24.7. The highest BCUT2D eigenvalue weighted by atomic mass is 16.5. The standard InChI is InChI=1S/C23H40O6.2H3N/c1-3-5-12-16-20(4-2)29-22(26)18-19(23(27)28)15-13-10-8-6-7-9-11-14-17-21(24)25;;/h10,13,19-20H,3-9,11-12,14-18H2,1-2H3,(H,24,25)(H,27,28);2*1H3. The highest BCUT2D eigenvalue weighted by Gasteiger charge is 2.18. The van der Waals surface area contributed by atoms with Gasteiger partial charge in [0.15, 0.2) is 0 Å². The summed E-state index contributed by atoms with van der Waals surface area (Å²) in [6.45, 7) is 4.08. The van der Waals surface area contributed by atoms with Crippen LogP contribution in [0, 0.1) is 5.92 Å². The first kappa shape index (κ1) is 33.7. The summed E-state index contributed by atoms with van der Waals surface area (Å²) < 4.78 is 5.44. The fraction of sp³-hybridized carbons (Fsp3) is 0.783. The van der Waals surface area contributed by atoms with Crippen molar-refractivity contribution in [1.29, 1.82) is 0 Å². The smallest absolute Gasteiger partial charge is 0.306 e. The van der Waals surface area contributed by atoms with Gasteiger partial charge in [-0.1, -0.05) is 58.1 Å². The molecule has 0 saturated carbocycles. The Balaban J connectivity index is -0.00000392. The van der Waals surface area contributed by atoms with Crippen LogP contribution in [-0.2, 0) is 19.1 Å². The molecule has 8 N–H and O–H groups in total. The van der Waals surface area contributed by atoms with Gasteiger partial charge in [-0.25, -0.2) is 0 Å². The lowest BCUT2D eigenvalue weighted by atomic mass is 10.0. The minimum atomic E-state index is -1.22. The molecule has 0 aliphatic heterocycles. The Labute approximate surface area is 188 Å². The normalized spacial score (nSPS) is 12.5. The third kappa shape index (κ3) is 21.1. The van der Waals surface area contributed by atoms with Gasteiger partial charge in [0.25, 0.3) is 0 Å². The van der Waals surface area contributed by atoms with E-state index in [0.717, 1.165) is 64.2 Å². The molecule has 0 bridgehead atoms. The van der Waals surface area contributed by atoms with Gasteiger partial charge in [0.05, 0.1) is 6.42 Å². The number of aliphatic carboxylic acids is 2. The van der Waals surface area contributed by atoms with Crippen LogP contribution in [0.5, 0.6) is 0 Å². The second-order valence-electron chi connectivity index (χ2n) is 7.62. The average Bonchev–Trinajstić information content (AvgIpc) is 2.67. The molecule has 0 radical (unpaired) electrons. The molecule has 0 aromatic carbocycles. The topological polar surface area (TPSA) is 180 Å². The number of rotatable bonds is 19. The Morgan fingerprint density at radius 1 is 0.871 bits per heavy atom. The van der Waals surface area contributed by atoms with Crippen molar-refractivity contribution >= 4 is 17.9 Å². The summed E-state index contributed by atoms with van der Waals surface area (Å²) >= 11 is 0. The molecule has 31 heavy (non-hydrogen) atoms. The zero-order valence-corrected chi connectivity index (χ0v) is 20.2. The first-order valence-corrected chi connectivity index (χ1v) is 11.2. The van der Waals surface area contributed by atoms with Crippen LogP contribution in [0.15, 0.2) is 12.2 Å². The zero-order valence-electron chi connectivity index (χ0n) is 20.2. The van der Waals surface area contributed by atoms with E-state index in [1.54, 1.807) is 6.08 Å². The fourth-order valence-corrected chi connectivity index (χ4v) is 3.11. The van der Waals surface area contributed by atoms with Crippen LogP contribution in [0.2, 0.25) is 0 Å². The molecule has 0 amide bonds. The molecular weight excluding hydrogens is 400 g/mol. The van der Waals surface area contributed by atoms with Crippen LogP contribution < -0.4 is 22.5 Å².